The van der Waals surface area contributed by atoms with Gasteiger partial charge in [-0.3, -0.25) is 0 Å². The third-order valence-corrected chi connectivity index (χ3v) is 1.62. The first-order valence-electron chi connectivity index (χ1n) is 4.33. The summed E-state index contributed by atoms with van der Waals surface area (Å²) in [5, 5.41) is 0. The summed E-state index contributed by atoms with van der Waals surface area (Å²) < 4.78 is 4.92. The molecule has 0 fully saturated rings. The van der Waals surface area contributed by atoms with Gasteiger partial charge >= 0.3 is 5.97 Å². The van der Waals surface area contributed by atoms with Crippen molar-refractivity contribution < 1.29 is 9.53 Å². The molecule has 0 saturated carbocycles. The Balaban J connectivity index is 2.73. The molecule has 0 atom stereocenters. The number of carbonyl (C=O) groups excluding carboxylic acids is 1. The van der Waals surface area contributed by atoms with E-state index in [1.54, 1.807) is 12.1 Å². The Kier molecular flexibility index (Phi) is 3.68. The Morgan fingerprint density at radius 1 is 1.36 bits per heavy atom. The highest BCUT2D eigenvalue weighted by Crippen LogP contribution is 2.13. The molecule has 1 rings (SSSR count). The van der Waals surface area contributed by atoms with Crippen LogP contribution in [0.3, 0.4) is 0 Å². The van der Waals surface area contributed by atoms with Gasteiger partial charge in [0.25, 0.3) is 0 Å². The van der Waals surface area contributed by atoms with E-state index < -0.39 is 5.97 Å². The minimum atomic E-state index is -0.441. The molecule has 14 heavy (non-hydrogen) atoms. The lowest BCUT2D eigenvalue weighted by Gasteiger charge is -2.00. The number of rotatable bonds is 3. The molecule has 0 N–H and O–H groups in total. The van der Waals surface area contributed by atoms with Crippen LogP contribution >= 0.6 is 0 Å². The van der Waals surface area contributed by atoms with Crippen LogP contribution in [-0.4, -0.2) is 5.97 Å². The molecule has 2 heteroatoms. The highest BCUT2D eigenvalue weighted by Gasteiger charge is 1.97. The number of benzene rings is 1. The van der Waals surface area contributed by atoms with Gasteiger partial charge in [-0.1, -0.05) is 30.9 Å². The fraction of sp³-hybridized carbons (Fsp3) is 0.0833. The fourth-order valence-electron chi connectivity index (χ4n) is 0.997. The molecule has 0 aliphatic rings. The van der Waals surface area contributed by atoms with Crippen LogP contribution in [0, 0.1) is 0 Å². The van der Waals surface area contributed by atoms with E-state index in [2.05, 4.69) is 6.58 Å². The normalized spacial score (nSPS) is 10.1. The zero-order valence-electron chi connectivity index (χ0n) is 8.07. The SMILES string of the molecule is C=CC(=O)Oc1ccc(C=CC)cc1. The van der Waals surface area contributed by atoms with Crippen LogP contribution in [0.4, 0.5) is 0 Å². The van der Waals surface area contributed by atoms with Crippen LogP contribution in [0.15, 0.2) is 43.0 Å². The second-order valence-corrected chi connectivity index (χ2v) is 2.69. The number of hydrogen-bond acceptors (Lipinski definition) is 2. The molecule has 0 saturated heterocycles. The van der Waals surface area contributed by atoms with Crippen LogP contribution < -0.4 is 4.74 Å². The molecule has 0 spiro atoms. The third kappa shape index (κ3) is 2.90. The highest BCUT2D eigenvalue weighted by atomic mass is 16.5. The summed E-state index contributed by atoms with van der Waals surface area (Å²) in [7, 11) is 0. The molecule has 0 radical (unpaired) electrons. The molecule has 72 valence electrons. The van der Waals surface area contributed by atoms with E-state index in [-0.39, 0.29) is 0 Å². The molecule has 0 heterocycles. The van der Waals surface area contributed by atoms with Crippen LogP contribution in [-0.2, 0) is 4.79 Å². The van der Waals surface area contributed by atoms with Gasteiger partial charge in [-0.15, -0.1) is 0 Å². The van der Waals surface area contributed by atoms with Crippen molar-refractivity contribution in [1.29, 1.82) is 0 Å². The second-order valence-electron chi connectivity index (χ2n) is 2.69. The first-order valence-corrected chi connectivity index (χ1v) is 4.33. The molecule has 1 aromatic carbocycles. The van der Waals surface area contributed by atoms with Gasteiger partial charge in [0.2, 0.25) is 0 Å². The predicted octanol–water partition coefficient (Wildman–Crippen LogP) is 2.81. The minimum absolute atomic E-state index is 0.441. The van der Waals surface area contributed by atoms with Crippen molar-refractivity contribution in [1.82, 2.24) is 0 Å². The third-order valence-electron chi connectivity index (χ3n) is 1.62. The number of carbonyl (C=O) groups is 1. The van der Waals surface area contributed by atoms with E-state index in [1.165, 1.54) is 0 Å². The van der Waals surface area contributed by atoms with Crippen molar-refractivity contribution in [3.8, 4) is 5.75 Å². The Morgan fingerprint density at radius 2 is 2.00 bits per heavy atom. The zero-order chi connectivity index (χ0) is 10.4. The van der Waals surface area contributed by atoms with Crippen molar-refractivity contribution in [2.45, 2.75) is 6.92 Å². The van der Waals surface area contributed by atoms with Gasteiger partial charge < -0.3 is 4.74 Å². The summed E-state index contributed by atoms with van der Waals surface area (Å²) >= 11 is 0. The van der Waals surface area contributed by atoms with E-state index in [1.807, 2.05) is 31.2 Å². The smallest absolute Gasteiger partial charge is 0.335 e. The maximum atomic E-state index is 10.8. The van der Waals surface area contributed by atoms with E-state index in [0.29, 0.717) is 5.75 Å². The molecule has 0 amide bonds. The van der Waals surface area contributed by atoms with E-state index in [0.717, 1.165) is 11.6 Å². The number of allylic oxidation sites excluding steroid dienone is 1. The Morgan fingerprint density at radius 3 is 2.50 bits per heavy atom. The molecule has 0 aliphatic carbocycles. The molecule has 0 aromatic heterocycles. The van der Waals surface area contributed by atoms with Crippen molar-refractivity contribution in [3.63, 3.8) is 0 Å². The van der Waals surface area contributed by atoms with Crippen LogP contribution in [0.2, 0.25) is 0 Å². The Hall–Kier alpha value is -1.83. The standard InChI is InChI=1S/C12H12O2/c1-3-5-10-6-8-11(9-7-10)14-12(13)4-2/h3-9H,2H2,1H3. The van der Waals surface area contributed by atoms with Crippen molar-refractivity contribution in [3.05, 3.63) is 48.6 Å². The molecule has 0 unspecified atom stereocenters. The van der Waals surface area contributed by atoms with E-state index in [4.69, 9.17) is 4.74 Å². The molecular weight excluding hydrogens is 176 g/mol. The maximum Gasteiger partial charge on any atom is 0.335 e. The van der Waals surface area contributed by atoms with Crippen molar-refractivity contribution in [2.24, 2.45) is 0 Å². The molecular formula is C12H12O2. The summed E-state index contributed by atoms with van der Waals surface area (Å²) in [5.41, 5.74) is 1.07. The summed E-state index contributed by atoms with van der Waals surface area (Å²) in [5.74, 6) is 0.0898. The van der Waals surface area contributed by atoms with Gasteiger partial charge in [-0.05, 0) is 24.6 Å². The quantitative estimate of drug-likeness (QED) is 0.414. The summed E-state index contributed by atoms with van der Waals surface area (Å²) in [4.78, 5) is 10.8. The van der Waals surface area contributed by atoms with Gasteiger partial charge in [0.15, 0.2) is 0 Å². The van der Waals surface area contributed by atoms with Crippen molar-refractivity contribution >= 4 is 12.0 Å². The average Bonchev–Trinajstić information content (AvgIpc) is 2.21. The number of esters is 1. The lowest BCUT2D eigenvalue weighted by atomic mass is 10.2. The average molecular weight is 188 g/mol. The minimum Gasteiger partial charge on any atom is -0.423 e. The molecule has 2 nitrogen and oxygen atoms in total. The summed E-state index contributed by atoms with van der Waals surface area (Å²) in [6, 6.07) is 7.25. The maximum absolute atomic E-state index is 10.8. The van der Waals surface area contributed by atoms with E-state index >= 15 is 0 Å². The first kappa shape index (κ1) is 10.3. The predicted molar refractivity (Wildman–Crippen MR) is 57.0 cm³/mol. The monoisotopic (exact) mass is 188 g/mol. The molecule has 1 aromatic rings. The number of hydrogen-bond donors (Lipinski definition) is 0. The Bertz CT molecular complexity index is 347. The number of ether oxygens (including phenoxy) is 1. The molecule has 0 bridgehead atoms. The first-order chi connectivity index (χ1) is 6.76. The lowest BCUT2D eigenvalue weighted by molar-refractivity contribution is -0.128. The van der Waals surface area contributed by atoms with Crippen molar-refractivity contribution in [2.75, 3.05) is 0 Å². The zero-order valence-corrected chi connectivity index (χ0v) is 8.07. The van der Waals surface area contributed by atoms with Crippen LogP contribution in [0.1, 0.15) is 12.5 Å². The fourth-order valence-corrected chi connectivity index (χ4v) is 0.997. The van der Waals surface area contributed by atoms with E-state index in [9.17, 15) is 4.79 Å². The highest BCUT2D eigenvalue weighted by molar-refractivity contribution is 5.83. The van der Waals surface area contributed by atoms with Gasteiger partial charge in [-0.2, -0.15) is 0 Å². The van der Waals surface area contributed by atoms with Gasteiger partial charge in [0.1, 0.15) is 5.75 Å². The Labute approximate surface area is 83.5 Å². The summed E-state index contributed by atoms with van der Waals surface area (Å²) in [6.07, 6.45) is 5.06. The molecule has 0 aliphatic heterocycles. The van der Waals surface area contributed by atoms with Gasteiger partial charge in [0.05, 0.1) is 0 Å². The second kappa shape index (κ2) is 5.02. The van der Waals surface area contributed by atoms with Crippen LogP contribution in [0.25, 0.3) is 6.08 Å². The summed E-state index contributed by atoms with van der Waals surface area (Å²) in [6.45, 7) is 5.27. The van der Waals surface area contributed by atoms with Gasteiger partial charge in [0, 0.05) is 6.08 Å². The topological polar surface area (TPSA) is 26.3 Å². The lowest BCUT2D eigenvalue weighted by Crippen LogP contribution is -2.02. The van der Waals surface area contributed by atoms with Gasteiger partial charge in [-0.25, -0.2) is 4.79 Å². The largest absolute Gasteiger partial charge is 0.423 e. The van der Waals surface area contributed by atoms with Crippen LogP contribution in [0.5, 0.6) is 5.75 Å².